The van der Waals surface area contributed by atoms with E-state index in [4.69, 9.17) is 15.1 Å². The Labute approximate surface area is 112 Å². The number of aliphatic carboxylic acids is 1. The molecule has 1 atom stereocenters. The van der Waals surface area contributed by atoms with Crippen LogP contribution < -0.4 is 0 Å². The van der Waals surface area contributed by atoms with Gasteiger partial charge in [0.1, 0.15) is 0 Å². The van der Waals surface area contributed by atoms with Gasteiger partial charge in [0.2, 0.25) is 0 Å². The Morgan fingerprint density at radius 1 is 1.47 bits per heavy atom. The first-order valence-electron chi connectivity index (χ1n) is 6.21. The van der Waals surface area contributed by atoms with E-state index in [1.165, 1.54) is 0 Å². The van der Waals surface area contributed by atoms with Crippen molar-refractivity contribution in [2.45, 2.75) is 19.1 Å². The van der Waals surface area contributed by atoms with Crippen LogP contribution in [-0.4, -0.2) is 41.8 Å². The smallest absolute Gasteiger partial charge is 0.307 e. The molecular weight excluding hydrogens is 244 g/mol. The molecule has 1 unspecified atom stereocenters. The van der Waals surface area contributed by atoms with E-state index in [0.29, 0.717) is 19.7 Å². The fourth-order valence-corrected chi connectivity index (χ4v) is 2.21. The standard InChI is InChI=1S/C14H16N2O3/c15-8-13-10-16(5-6-19-13)9-12-4-2-1-3-11(12)7-14(17)18/h1-4,13H,5-7,9-10H2,(H,17,18). The van der Waals surface area contributed by atoms with Crippen LogP contribution in [0.2, 0.25) is 0 Å². The third kappa shape index (κ3) is 3.78. The summed E-state index contributed by atoms with van der Waals surface area (Å²) in [7, 11) is 0. The van der Waals surface area contributed by atoms with E-state index in [-0.39, 0.29) is 12.5 Å². The van der Waals surface area contributed by atoms with Gasteiger partial charge in [0, 0.05) is 19.6 Å². The van der Waals surface area contributed by atoms with Crippen LogP contribution in [0.1, 0.15) is 11.1 Å². The molecule has 2 rings (SSSR count). The van der Waals surface area contributed by atoms with Gasteiger partial charge in [0.05, 0.1) is 19.1 Å². The van der Waals surface area contributed by atoms with E-state index >= 15 is 0 Å². The molecule has 1 aromatic carbocycles. The molecule has 1 aromatic rings. The van der Waals surface area contributed by atoms with Crippen molar-refractivity contribution in [3.05, 3.63) is 35.4 Å². The largest absolute Gasteiger partial charge is 0.481 e. The zero-order valence-corrected chi connectivity index (χ0v) is 10.6. The summed E-state index contributed by atoms with van der Waals surface area (Å²) in [5.74, 6) is -0.829. The average Bonchev–Trinajstić information content (AvgIpc) is 2.41. The molecule has 5 nitrogen and oxygen atoms in total. The van der Waals surface area contributed by atoms with Crippen LogP contribution in [0.15, 0.2) is 24.3 Å². The van der Waals surface area contributed by atoms with Crippen molar-refractivity contribution in [2.75, 3.05) is 19.7 Å². The van der Waals surface area contributed by atoms with Crippen LogP contribution in [0.5, 0.6) is 0 Å². The second-order valence-corrected chi connectivity index (χ2v) is 4.56. The van der Waals surface area contributed by atoms with Crippen LogP contribution in [-0.2, 0) is 22.5 Å². The van der Waals surface area contributed by atoms with Crippen molar-refractivity contribution in [1.29, 1.82) is 5.26 Å². The van der Waals surface area contributed by atoms with E-state index in [1.54, 1.807) is 0 Å². The quantitative estimate of drug-likeness (QED) is 0.875. The van der Waals surface area contributed by atoms with Crippen molar-refractivity contribution in [3.63, 3.8) is 0 Å². The highest BCUT2D eigenvalue weighted by Gasteiger charge is 2.20. The molecule has 0 bridgehead atoms. The van der Waals surface area contributed by atoms with E-state index < -0.39 is 5.97 Å². The third-order valence-electron chi connectivity index (χ3n) is 3.15. The van der Waals surface area contributed by atoms with E-state index in [1.807, 2.05) is 24.3 Å². The number of carboxylic acids is 1. The summed E-state index contributed by atoms with van der Waals surface area (Å²) in [5.41, 5.74) is 1.83. The summed E-state index contributed by atoms with van der Waals surface area (Å²) in [6, 6.07) is 9.64. The van der Waals surface area contributed by atoms with Crippen LogP contribution in [0.25, 0.3) is 0 Å². The Bertz CT molecular complexity index is 496. The monoisotopic (exact) mass is 260 g/mol. The molecule has 1 N–H and O–H groups in total. The Kier molecular flexibility index (Phi) is 4.50. The molecule has 1 aliphatic rings. The summed E-state index contributed by atoms with van der Waals surface area (Å²) in [6.45, 7) is 2.53. The molecule has 0 radical (unpaired) electrons. The van der Waals surface area contributed by atoms with Gasteiger partial charge in [-0.25, -0.2) is 0 Å². The Balaban J connectivity index is 2.06. The second-order valence-electron chi connectivity index (χ2n) is 4.56. The number of ether oxygens (including phenoxy) is 1. The Hall–Kier alpha value is -1.90. The second kappa shape index (κ2) is 6.32. The van der Waals surface area contributed by atoms with Crippen LogP contribution in [0, 0.1) is 11.3 Å². The SMILES string of the molecule is N#CC1CN(Cc2ccccc2CC(=O)O)CCO1. The van der Waals surface area contributed by atoms with Crippen LogP contribution >= 0.6 is 0 Å². The molecule has 19 heavy (non-hydrogen) atoms. The van der Waals surface area contributed by atoms with Gasteiger partial charge in [-0.05, 0) is 11.1 Å². The van der Waals surface area contributed by atoms with Crippen molar-refractivity contribution in [2.24, 2.45) is 0 Å². The number of nitrogens with zero attached hydrogens (tertiary/aromatic N) is 2. The van der Waals surface area contributed by atoms with Gasteiger partial charge < -0.3 is 9.84 Å². The molecule has 5 heteroatoms. The lowest BCUT2D eigenvalue weighted by Crippen LogP contribution is -2.41. The number of morpholine rings is 1. The predicted molar refractivity (Wildman–Crippen MR) is 68.4 cm³/mol. The maximum absolute atomic E-state index is 10.8. The molecule has 0 amide bonds. The van der Waals surface area contributed by atoms with Gasteiger partial charge in [-0.3, -0.25) is 9.69 Å². The number of hydrogen-bond acceptors (Lipinski definition) is 4. The normalized spacial score (nSPS) is 19.8. The molecular formula is C14H16N2O3. The number of carbonyl (C=O) groups is 1. The molecule has 0 spiro atoms. The summed E-state index contributed by atoms with van der Waals surface area (Å²) in [6.07, 6.45) is -0.359. The third-order valence-corrected chi connectivity index (χ3v) is 3.15. The highest BCUT2D eigenvalue weighted by Crippen LogP contribution is 2.15. The minimum atomic E-state index is -0.829. The highest BCUT2D eigenvalue weighted by atomic mass is 16.5. The predicted octanol–water partition coefficient (Wildman–Crippen LogP) is 1.04. The molecule has 100 valence electrons. The number of rotatable bonds is 4. The number of hydrogen-bond donors (Lipinski definition) is 1. The summed E-state index contributed by atoms with van der Waals surface area (Å²) < 4.78 is 5.29. The lowest BCUT2D eigenvalue weighted by Gasteiger charge is -2.30. The van der Waals surface area contributed by atoms with E-state index in [9.17, 15) is 4.79 Å². The molecule has 0 aliphatic carbocycles. The summed E-state index contributed by atoms with van der Waals surface area (Å²) in [5, 5.41) is 17.8. The first-order chi connectivity index (χ1) is 9.19. The van der Waals surface area contributed by atoms with Gasteiger partial charge in [-0.2, -0.15) is 5.26 Å². The van der Waals surface area contributed by atoms with Gasteiger partial charge in [0.25, 0.3) is 0 Å². The molecule has 0 aromatic heterocycles. The topological polar surface area (TPSA) is 73.6 Å². The van der Waals surface area contributed by atoms with Gasteiger partial charge in [0.15, 0.2) is 6.10 Å². The van der Waals surface area contributed by atoms with Crippen LogP contribution in [0.3, 0.4) is 0 Å². The van der Waals surface area contributed by atoms with Crippen molar-refractivity contribution in [1.82, 2.24) is 4.90 Å². The van der Waals surface area contributed by atoms with Crippen molar-refractivity contribution in [3.8, 4) is 6.07 Å². The molecule has 1 aliphatic heterocycles. The van der Waals surface area contributed by atoms with Crippen molar-refractivity contribution < 1.29 is 14.6 Å². The fraction of sp³-hybridized carbons (Fsp3) is 0.429. The zero-order valence-electron chi connectivity index (χ0n) is 10.6. The van der Waals surface area contributed by atoms with Crippen molar-refractivity contribution >= 4 is 5.97 Å². The number of carboxylic acid groups (broad SMARTS) is 1. The fourth-order valence-electron chi connectivity index (χ4n) is 2.21. The van der Waals surface area contributed by atoms with E-state index in [2.05, 4.69) is 11.0 Å². The number of benzene rings is 1. The highest BCUT2D eigenvalue weighted by molar-refractivity contribution is 5.70. The molecule has 1 saturated heterocycles. The lowest BCUT2D eigenvalue weighted by molar-refractivity contribution is -0.136. The molecule has 0 saturated carbocycles. The number of nitriles is 1. The minimum absolute atomic E-state index is 0.0300. The van der Waals surface area contributed by atoms with Gasteiger partial charge in [-0.15, -0.1) is 0 Å². The first-order valence-corrected chi connectivity index (χ1v) is 6.21. The molecule has 1 fully saturated rings. The Morgan fingerprint density at radius 2 is 2.21 bits per heavy atom. The lowest BCUT2D eigenvalue weighted by atomic mass is 10.0. The maximum Gasteiger partial charge on any atom is 0.307 e. The van der Waals surface area contributed by atoms with Crippen LogP contribution in [0.4, 0.5) is 0 Å². The molecule has 1 heterocycles. The Morgan fingerprint density at radius 3 is 2.89 bits per heavy atom. The zero-order chi connectivity index (χ0) is 13.7. The first kappa shape index (κ1) is 13.5. The van der Waals surface area contributed by atoms with Gasteiger partial charge >= 0.3 is 5.97 Å². The van der Waals surface area contributed by atoms with E-state index in [0.717, 1.165) is 17.7 Å². The minimum Gasteiger partial charge on any atom is -0.481 e. The van der Waals surface area contributed by atoms with Gasteiger partial charge in [-0.1, -0.05) is 24.3 Å². The summed E-state index contributed by atoms with van der Waals surface area (Å²) >= 11 is 0. The maximum atomic E-state index is 10.8. The summed E-state index contributed by atoms with van der Waals surface area (Å²) in [4.78, 5) is 13.0. The average molecular weight is 260 g/mol.